The molecule has 9 heteroatoms. The van der Waals surface area contributed by atoms with Crippen LogP contribution >= 0.6 is 11.6 Å². The fourth-order valence-corrected chi connectivity index (χ4v) is 4.52. The Balaban J connectivity index is 1.72. The van der Waals surface area contributed by atoms with Crippen LogP contribution in [0.3, 0.4) is 0 Å². The molecule has 0 bridgehead atoms. The van der Waals surface area contributed by atoms with Crippen LogP contribution in [0, 0.1) is 11.3 Å². The van der Waals surface area contributed by atoms with Gasteiger partial charge in [-0.1, -0.05) is 11.6 Å². The lowest BCUT2D eigenvalue weighted by Gasteiger charge is -2.34. The third-order valence-electron chi connectivity index (χ3n) is 4.20. The normalized spacial score (nSPS) is 15.5. The maximum atomic E-state index is 12.8. The van der Waals surface area contributed by atoms with Gasteiger partial charge in [-0.25, -0.2) is 13.4 Å². The molecule has 136 valence electrons. The fourth-order valence-electron chi connectivity index (χ4n) is 2.75. The predicted molar refractivity (Wildman–Crippen MR) is 97.9 cm³/mol. The number of pyridine rings is 1. The summed E-state index contributed by atoms with van der Waals surface area (Å²) in [6, 6.07) is 9.95. The van der Waals surface area contributed by atoms with Crippen molar-refractivity contribution in [1.29, 1.82) is 5.26 Å². The van der Waals surface area contributed by atoms with E-state index in [1.807, 2.05) is 11.0 Å². The van der Waals surface area contributed by atoms with Crippen molar-refractivity contribution in [3.63, 3.8) is 0 Å². The van der Waals surface area contributed by atoms with Gasteiger partial charge in [-0.3, -0.25) is 0 Å². The number of piperazine rings is 1. The topological polar surface area (TPSA) is 86.5 Å². The van der Waals surface area contributed by atoms with Gasteiger partial charge < -0.3 is 9.64 Å². The molecule has 1 saturated heterocycles. The number of benzene rings is 1. The number of rotatable bonds is 4. The van der Waals surface area contributed by atoms with Gasteiger partial charge in [-0.05, 0) is 30.3 Å². The highest BCUT2D eigenvalue weighted by atomic mass is 35.5. The Morgan fingerprint density at radius 3 is 2.46 bits per heavy atom. The molecule has 7 nitrogen and oxygen atoms in total. The zero-order valence-corrected chi connectivity index (χ0v) is 15.7. The van der Waals surface area contributed by atoms with Gasteiger partial charge in [0.1, 0.15) is 17.6 Å². The minimum absolute atomic E-state index is 0.147. The lowest BCUT2D eigenvalue weighted by atomic mass is 10.3. The zero-order valence-electron chi connectivity index (χ0n) is 14.1. The van der Waals surface area contributed by atoms with Crippen molar-refractivity contribution < 1.29 is 13.2 Å². The van der Waals surface area contributed by atoms with Gasteiger partial charge in [0.05, 0.1) is 22.6 Å². The third-order valence-corrected chi connectivity index (χ3v) is 6.39. The van der Waals surface area contributed by atoms with Crippen molar-refractivity contribution in [1.82, 2.24) is 9.29 Å². The van der Waals surface area contributed by atoms with E-state index in [0.717, 1.165) is 5.82 Å². The van der Waals surface area contributed by atoms with Crippen molar-refractivity contribution in [3.8, 4) is 11.8 Å². The number of ether oxygens (including phenoxy) is 1. The first kappa shape index (κ1) is 18.5. The van der Waals surface area contributed by atoms with Crippen LogP contribution in [0.2, 0.25) is 5.02 Å². The number of anilines is 1. The van der Waals surface area contributed by atoms with Crippen LogP contribution in [0.1, 0.15) is 5.56 Å². The van der Waals surface area contributed by atoms with Crippen LogP contribution in [-0.4, -0.2) is 51.0 Å². The lowest BCUT2D eigenvalue weighted by Crippen LogP contribution is -2.48. The van der Waals surface area contributed by atoms with E-state index >= 15 is 0 Å². The van der Waals surface area contributed by atoms with E-state index in [0.29, 0.717) is 37.5 Å². The van der Waals surface area contributed by atoms with Crippen molar-refractivity contribution in [2.45, 2.75) is 4.90 Å². The number of sulfonamides is 1. The first-order valence-corrected chi connectivity index (χ1v) is 9.72. The largest absolute Gasteiger partial charge is 0.495 e. The molecule has 1 aliphatic rings. The predicted octanol–water partition coefficient (Wildman–Crippen LogP) is 2.13. The van der Waals surface area contributed by atoms with Crippen molar-refractivity contribution in [2.75, 3.05) is 38.2 Å². The van der Waals surface area contributed by atoms with E-state index in [1.54, 1.807) is 18.2 Å². The van der Waals surface area contributed by atoms with Crippen LogP contribution in [0.25, 0.3) is 0 Å². The molecule has 0 radical (unpaired) electrons. The fraction of sp³-hybridized carbons (Fsp3) is 0.294. The number of nitriles is 1. The third kappa shape index (κ3) is 3.60. The molecule has 0 atom stereocenters. The van der Waals surface area contributed by atoms with E-state index in [2.05, 4.69) is 4.98 Å². The van der Waals surface area contributed by atoms with Crippen molar-refractivity contribution >= 4 is 27.4 Å². The van der Waals surface area contributed by atoms with Crippen molar-refractivity contribution in [3.05, 3.63) is 47.1 Å². The van der Waals surface area contributed by atoms with Crippen LogP contribution in [0.15, 0.2) is 41.4 Å². The Kier molecular flexibility index (Phi) is 5.32. The van der Waals surface area contributed by atoms with Crippen LogP contribution < -0.4 is 9.64 Å². The monoisotopic (exact) mass is 392 g/mol. The lowest BCUT2D eigenvalue weighted by molar-refractivity contribution is 0.383. The van der Waals surface area contributed by atoms with Crippen LogP contribution in [-0.2, 0) is 10.0 Å². The Labute approximate surface area is 157 Å². The first-order chi connectivity index (χ1) is 12.5. The standard InChI is InChI=1S/C17H17ClN4O3S/c1-25-16-4-3-14(10-15(16)18)26(23,24)22-8-6-21(7-9-22)17-5-2-13(11-19)12-20-17/h2-5,10,12H,6-9H2,1H3. The van der Waals surface area contributed by atoms with Gasteiger partial charge in [-0.2, -0.15) is 9.57 Å². The molecule has 1 fully saturated rings. The minimum Gasteiger partial charge on any atom is -0.495 e. The van der Waals surface area contributed by atoms with Gasteiger partial charge in [0, 0.05) is 32.4 Å². The Morgan fingerprint density at radius 2 is 1.92 bits per heavy atom. The molecule has 2 heterocycles. The highest BCUT2D eigenvalue weighted by Gasteiger charge is 2.29. The second kappa shape index (κ2) is 7.50. The summed E-state index contributed by atoms with van der Waals surface area (Å²) in [7, 11) is -2.14. The highest BCUT2D eigenvalue weighted by Crippen LogP contribution is 2.29. The molecule has 0 aliphatic carbocycles. The van der Waals surface area contributed by atoms with Crippen molar-refractivity contribution in [2.24, 2.45) is 0 Å². The van der Waals surface area contributed by atoms with Gasteiger partial charge >= 0.3 is 0 Å². The smallest absolute Gasteiger partial charge is 0.243 e. The molecule has 0 N–H and O–H groups in total. The molecule has 0 amide bonds. The van der Waals surface area contributed by atoms with E-state index in [9.17, 15) is 8.42 Å². The quantitative estimate of drug-likeness (QED) is 0.792. The molecule has 1 aromatic heterocycles. The summed E-state index contributed by atoms with van der Waals surface area (Å²) < 4.78 is 32.1. The highest BCUT2D eigenvalue weighted by molar-refractivity contribution is 7.89. The molecule has 0 saturated carbocycles. The van der Waals surface area contributed by atoms with Crippen LogP contribution in [0.5, 0.6) is 5.75 Å². The van der Waals surface area contributed by atoms with Crippen LogP contribution in [0.4, 0.5) is 5.82 Å². The molecule has 2 aromatic rings. The summed E-state index contributed by atoms with van der Waals surface area (Å²) in [6.07, 6.45) is 1.51. The average Bonchev–Trinajstić information content (AvgIpc) is 2.68. The van der Waals surface area contributed by atoms with Gasteiger partial charge in [-0.15, -0.1) is 0 Å². The molecular formula is C17H17ClN4O3S. The molecule has 1 aliphatic heterocycles. The summed E-state index contributed by atoms with van der Waals surface area (Å²) in [5.41, 5.74) is 0.492. The number of hydrogen-bond acceptors (Lipinski definition) is 6. The number of halogens is 1. The second-order valence-electron chi connectivity index (χ2n) is 5.70. The molecule has 0 spiro atoms. The minimum atomic E-state index is -3.62. The Morgan fingerprint density at radius 1 is 1.19 bits per heavy atom. The second-order valence-corrected chi connectivity index (χ2v) is 8.05. The summed E-state index contributed by atoms with van der Waals surface area (Å²) in [6.45, 7) is 1.71. The summed E-state index contributed by atoms with van der Waals surface area (Å²) in [5, 5.41) is 9.09. The van der Waals surface area contributed by atoms with E-state index < -0.39 is 10.0 Å². The van der Waals surface area contributed by atoms with Gasteiger partial charge in [0.2, 0.25) is 10.0 Å². The Hall–Kier alpha value is -2.34. The average molecular weight is 393 g/mol. The van der Waals surface area contributed by atoms with Gasteiger partial charge in [0.15, 0.2) is 0 Å². The van der Waals surface area contributed by atoms with E-state index in [1.165, 1.54) is 29.7 Å². The number of nitrogens with zero attached hydrogens (tertiary/aromatic N) is 4. The summed E-state index contributed by atoms with van der Waals surface area (Å²) >= 11 is 6.06. The van der Waals surface area contributed by atoms with E-state index in [-0.39, 0.29) is 9.92 Å². The zero-order chi connectivity index (χ0) is 18.7. The molecule has 3 rings (SSSR count). The SMILES string of the molecule is COc1ccc(S(=O)(=O)N2CCN(c3ccc(C#N)cn3)CC2)cc1Cl. The molecule has 0 unspecified atom stereocenters. The molecule has 26 heavy (non-hydrogen) atoms. The maximum Gasteiger partial charge on any atom is 0.243 e. The Bertz CT molecular complexity index is 933. The summed E-state index contributed by atoms with van der Waals surface area (Å²) in [4.78, 5) is 6.39. The van der Waals surface area contributed by atoms with Gasteiger partial charge in [0.25, 0.3) is 0 Å². The molecule has 1 aromatic carbocycles. The number of hydrogen-bond donors (Lipinski definition) is 0. The summed E-state index contributed by atoms with van der Waals surface area (Å²) in [5.74, 6) is 1.16. The molecular weight excluding hydrogens is 376 g/mol. The van der Waals surface area contributed by atoms with E-state index in [4.69, 9.17) is 21.6 Å². The first-order valence-electron chi connectivity index (χ1n) is 7.90. The number of aromatic nitrogens is 1. The number of methoxy groups -OCH3 is 1. The maximum absolute atomic E-state index is 12.8.